The van der Waals surface area contributed by atoms with Crippen molar-refractivity contribution in [2.24, 2.45) is 11.7 Å². The van der Waals surface area contributed by atoms with E-state index in [4.69, 9.17) is 5.73 Å². The zero-order valence-electron chi connectivity index (χ0n) is 35.1. The Bertz CT molecular complexity index is 2920. The smallest absolute Gasteiger partial charge is 0.0850 e. The summed E-state index contributed by atoms with van der Waals surface area (Å²) in [7, 11) is 0. The third-order valence-electron chi connectivity index (χ3n) is 13.5. The Morgan fingerprint density at radius 2 is 1.58 bits per heavy atom. The normalized spacial score (nSPS) is 21.3. The van der Waals surface area contributed by atoms with Gasteiger partial charge in [0.2, 0.25) is 0 Å². The van der Waals surface area contributed by atoms with Crippen LogP contribution in [-0.2, 0) is 0 Å². The fraction of sp³-hybridized carbons (Fsp3) is 0.193. The van der Waals surface area contributed by atoms with E-state index < -0.39 is 0 Å². The molecule has 5 atom stereocenters. The molecule has 5 aromatic carbocycles. The molecule has 0 radical (unpaired) electrons. The van der Waals surface area contributed by atoms with Crippen LogP contribution in [0.4, 0.5) is 5.69 Å². The van der Waals surface area contributed by atoms with Gasteiger partial charge in [0.25, 0.3) is 0 Å². The molecule has 1 aromatic heterocycles. The molecule has 0 bridgehead atoms. The van der Waals surface area contributed by atoms with E-state index >= 15 is 0 Å². The first-order chi connectivity index (χ1) is 30.7. The van der Waals surface area contributed by atoms with Gasteiger partial charge in [0, 0.05) is 51.8 Å². The third kappa shape index (κ3) is 7.16. The van der Waals surface area contributed by atoms with Crippen molar-refractivity contribution in [3.63, 3.8) is 0 Å². The molecular formula is C57H53N5. The van der Waals surface area contributed by atoms with Gasteiger partial charge in [-0.2, -0.15) is 0 Å². The standard InChI is InChI=1S/C57H53N5/c58-56(60-57(42-18-6-2-7-19-42)59-38-39-16-4-1-5-17-39)41-32-30-40(31-33-41)43-34-35-54-51(37-43)49-25-11-12-28-52(49)61(54)46-23-14-20-44(36-46)47-26-15-27-50-48-24-10-13-29-53(48)62(55(47)50)45-21-8-3-9-22-45/h1-2,4,6-8,10-16,18-32,34-37,41,47,55-57,59-60H,3,5,9,17,33,38,58H2. The molecule has 306 valence electrons. The lowest BCUT2D eigenvalue weighted by Gasteiger charge is -2.36. The number of hydrogen-bond donors (Lipinski definition) is 3. The molecule has 2 heterocycles. The molecule has 11 rings (SSSR count). The summed E-state index contributed by atoms with van der Waals surface area (Å²) in [5, 5.41) is 10.0. The molecule has 62 heavy (non-hydrogen) atoms. The van der Waals surface area contributed by atoms with Crippen LogP contribution in [0.25, 0.3) is 38.6 Å². The Labute approximate surface area is 365 Å². The zero-order chi connectivity index (χ0) is 41.4. The fourth-order valence-electron chi connectivity index (χ4n) is 10.4. The highest BCUT2D eigenvalue weighted by Gasteiger charge is 2.41. The van der Waals surface area contributed by atoms with Crippen molar-refractivity contribution < 1.29 is 0 Å². The van der Waals surface area contributed by atoms with Gasteiger partial charge in [-0.1, -0.05) is 157 Å². The quantitative estimate of drug-likeness (QED) is 0.114. The molecule has 5 unspecified atom stereocenters. The van der Waals surface area contributed by atoms with Gasteiger partial charge in [0.05, 0.1) is 29.4 Å². The van der Waals surface area contributed by atoms with E-state index in [1.54, 1.807) is 0 Å². The van der Waals surface area contributed by atoms with Crippen LogP contribution in [0.15, 0.2) is 206 Å². The summed E-state index contributed by atoms with van der Waals surface area (Å²) in [6, 6.07) is 44.8. The number of benzene rings is 5. The molecular weight excluding hydrogens is 755 g/mol. The minimum absolute atomic E-state index is 0.0446. The predicted molar refractivity (Wildman–Crippen MR) is 260 cm³/mol. The maximum Gasteiger partial charge on any atom is 0.0850 e. The zero-order valence-corrected chi connectivity index (χ0v) is 35.1. The highest BCUT2D eigenvalue weighted by molar-refractivity contribution is 6.10. The highest BCUT2D eigenvalue weighted by Crippen LogP contribution is 2.50. The Balaban J connectivity index is 0.864. The van der Waals surface area contributed by atoms with Crippen molar-refractivity contribution in [2.45, 2.75) is 56.4 Å². The monoisotopic (exact) mass is 807 g/mol. The number of rotatable bonds is 11. The lowest BCUT2D eigenvalue weighted by atomic mass is 9.82. The number of nitrogens with two attached hydrogens (primary N) is 1. The van der Waals surface area contributed by atoms with Crippen LogP contribution < -0.4 is 21.3 Å². The van der Waals surface area contributed by atoms with Gasteiger partial charge in [0.15, 0.2) is 0 Å². The van der Waals surface area contributed by atoms with Crippen molar-refractivity contribution in [3.8, 4) is 5.69 Å². The van der Waals surface area contributed by atoms with Gasteiger partial charge in [-0.25, -0.2) is 0 Å². The second-order valence-electron chi connectivity index (χ2n) is 17.3. The summed E-state index contributed by atoms with van der Waals surface area (Å²) in [4.78, 5) is 2.59. The van der Waals surface area contributed by atoms with Crippen LogP contribution >= 0.6 is 0 Å². The summed E-state index contributed by atoms with van der Waals surface area (Å²) in [6.07, 6.45) is 32.6. The van der Waals surface area contributed by atoms with Crippen LogP contribution in [0.1, 0.15) is 66.4 Å². The molecule has 4 aliphatic carbocycles. The number of aromatic nitrogens is 1. The molecule has 0 saturated heterocycles. The van der Waals surface area contributed by atoms with Crippen molar-refractivity contribution in [3.05, 3.63) is 228 Å². The molecule has 0 fully saturated rings. The SMILES string of the molecule is NC(NC(NCC1=CC=CCC1)c1ccccc1)C1C=CC(c2ccc3c(c2)c2ccccc2n3-c2cccc(C3C=CC=C4c5ccccc5N(C5=CCCC=C5)C43)c2)=CC1. The number of nitrogens with zero attached hydrogens (tertiary/aromatic N) is 2. The largest absolute Gasteiger partial charge is 0.333 e. The summed E-state index contributed by atoms with van der Waals surface area (Å²) in [5.74, 6) is 0.362. The van der Waals surface area contributed by atoms with Crippen molar-refractivity contribution >= 4 is 38.6 Å². The fourth-order valence-corrected chi connectivity index (χ4v) is 10.4. The maximum atomic E-state index is 6.94. The molecule has 0 saturated carbocycles. The molecule has 0 spiro atoms. The molecule has 4 N–H and O–H groups in total. The van der Waals surface area contributed by atoms with Gasteiger partial charge < -0.3 is 15.2 Å². The van der Waals surface area contributed by atoms with Crippen molar-refractivity contribution in [1.29, 1.82) is 0 Å². The van der Waals surface area contributed by atoms with E-state index in [9.17, 15) is 0 Å². The average Bonchev–Trinajstić information content (AvgIpc) is 3.86. The van der Waals surface area contributed by atoms with Gasteiger partial charge >= 0.3 is 0 Å². The molecule has 1 aliphatic heterocycles. The lowest BCUT2D eigenvalue weighted by molar-refractivity contribution is 0.337. The second kappa shape index (κ2) is 16.8. The number of anilines is 1. The molecule has 5 heteroatoms. The Kier molecular flexibility index (Phi) is 10.4. The molecule has 6 aromatic rings. The van der Waals surface area contributed by atoms with E-state index in [1.165, 1.54) is 77.9 Å². The summed E-state index contributed by atoms with van der Waals surface area (Å²) in [6.45, 7) is 0.833. The average molecular weight is 808 g/mol. The molecule has 5 nitrogen and oxygen atoms in total. The van der Waals surface area contributed by atoms with Crippen LogP contribution in [0.3, 0.4) is 0 Å². The Morgan fingerprint density at radius 1 is 0.710 bits per heavy atom. The first-order valence-corrected chi connectivity index (χ1v) is 22.5. The maximum absolute atomic E-state index is 6.94. The summed E-state index contributed by atoms with van der Waals surface area (Å²) < 4.78 is 2.46. The Morgan fingerprint density at radius 3 is 2.44 bits per heavy atom. The van der Waals surface area contributed by atoms with E-state index in [0.29, 0.717) is 0 Å². The van der Waals surface area contributed by atoms with E-state index in [-0.39, 0.29) is 30.2 Å². The van der Waals surface area contributed by atoms with Crippen LogP contribution in [0.5, 0.6) is 0 Å². The first-order valence-electron chi connectivity index (χ1n) is 22.5. The van der Waals surface area contributed by atoms with Crippen LogP contribution in [-0.4, -0.2) is 23.3 Å². The minimum atomic E-state index is -0.210. The van der Waals surface area contributed by atoms with Crippen LogP contribution in [0, 0.1) is 5.92 Å². The second-order valence-corrected chi connectivity index (χ2v) is 17.3. The lowest BCUT2D eigenvalue weighted by Crippen LogP contribution is -2.49. The van der Waals surface area contributed by atoms with E-state index in [1.807, 2.05) is 0 Å². The van der Waals surface area contributed by atoms with E-state index in [0.717, 1.165) is 38.6 Å². The molecule has 5 aliphatic rings. The van der Waals surface area contributed by atoms with Gasteiger partial charge in [-0.15, -0.1) is 0 Å². The van der Waals surface area contributed by atoms with Gasteiger partial charge in [-0.05, 0) is 102 Å². The topological polar surface area (TPSA) is 58.2 Å². The first kappa shape index (κ1) is 38.4. The third-order valence-corrected chi connectivity index (χ3v) is 13.5. The highest BCUT2D eigenvalue weighted by atomic mass is 15.2. The Hall–Kier alpha value is -6.50. The predicted octanol–water partition coefficient (Wildman–Crippen LogP) is 12.3. The minimum Gasteiger partial charge on any atom is -0.333 e. The number of nitrogens with one attached hydrogen (secondary N) is 2. The number of allylic oxidation sites excluding steroid dienone is 11. The van der Waals surface area contributed by atoms with Crippen molar-refractivity contribution in [1.82, 2.24) is 15.2 Å². The summed E-state index contributed by atoms with van der Waals surface area (Å²) in [5.41, 5.74) is 22.3. The number of hydrogen-bond acceptors (Lipinski definition) is 4. The van der Waals surface area contributed by atoms with Crippen LogP contribution in [0.2, 0.25) is 0 Å². The number of fused-ring (bicyclic) bond motifs is 6. The number of para-hydroxylation sites is 2. The van der Waals surface area contributed by atoms with Crippen molar-refractivity contribution in [2.75, 3.05) is 11.4 Å². The summed E-state index contributed by atoms with van der Waals surface area (Å²) >= 11 is 0. The van der Waals surface area contributed by atoms with Gasteiger partial charge in [-0.3, -0.25) is 10.6 Å². The van der Waals surface area contributed by atoms with Gasteiger partial charge in [0.1, 0.15) is 0 Å². The molecule has 0 amide bonds. The van der Waals surface area contributed by atoms with E-state index in [2.05, 4.69) is 214 Å².